The fourth-order valence-corrected chi connectivity index (χ4v) is 0.433. The Balaban J connectivity index is 3.58. The van der Waals surface area contributed by atoms with Gasteiger partial charge in [0.1, 0.15) is 0 Å². The molecule has 0 saturated heterocycles. The first kappa shape index (κ1) is 7.25. The molecule has 1 unspecified atom stereocenters. The van der Waals surface area contributed by atoms with Crippen LogP contribution in [-0.2, 0) is 0 Å². The molecule has 0 saturated carbocycles. The van der Waals surface area contributed by atoms with Crippen LogP contribution in [0.5, 0.6) is 0 Å². The molecule has 0 aromatic heterocycles. The van der Waals surface area contributed by atoms with Crippen LogP contribution in [0.3, 0.4) is 0 Å². The first-order valence-electron chi connectivity index (χ1n) is 2.45. The molecule has 42 valence electrons. The third-order valence-corrected chi connectivity index (χ3v) is 4.62. The van der Waals surface area contributed by atoms with Gasteiger partial charge >= 0.3 is 0 Å². The Hall–Kier alpha value is 0.247. The molecule has 1 atom stereocenters. The highest BCUT2D eigenvalue weighted by atomic mass is 35.6. The van der Waals surface area contributed by atoms with E-state index in [9.17, 15) is 0 Å². The van der Waals surface area contributed by atoms with Crippen molar-refractivity contribution in [2.75, 3.05) is 0 Å². The summed E-state index contributed by atoms with van der Waals surface area (Å²) in [6, 6.07) is 1.08. The third-order valence-electron chi connectivity index (χ3n) is 1.12. The van der Waals surface area contributed by atoms with E-state index in [1.54, 1.807) is 0 Å². The van der Waals surface area contributed by atoms with Crippen LogP contribution in [-0.4, -0.2) is 7.38 Å². The predicted octanol–water partition coefficient (Wildman–Crippen LogP) is 2.55. The van der Waals surface area contributed by atoms with E-state index >= 15 is 0 Å². The van der Waals surface area contributed by atoms with Crippen LogP contribution < -0.4 is 0 Å². The highest BCUT2D eigenvalue weighted by Crippen LogP contribution is 2.13. The lowest BCUT2D eigenvalue weighted by Crippen LogP contribution is -2.15. The number of hydrogen-bond acceptors (Lipinski definition) is 0. The van der Waals surface area contributed by atoms with Gasteiger partial charge < -0.3 is 0 Å². The minimum Gasteiger partial charge on any atom is -0.162 e. The molecule has 0 aromatic carbocycles. The molecular formula is C5H11ClSi. The van der Waals surface area contributed by atoms with E-state index in [2.05, 4.69) is 20.0 Å². The minimum atomic E-state index is -1.42. The molecular weight excluding hydrogens is 124 g/mol. The molecule has 0 fully saturated rings. The lowest BCUT2D eigenvalue weighted by Gasteiger charge is -2.07. The number of hydrogen-bond donors (Lipinski definition) is 0. The van der Waals surface area contributed by atoms with Crippen LogP contribution in [0.2, 0.25) is 12.6 Å². The Morgan fingerprint density at radius 1 is 1.86 bits per heavy atom. The van der Waals surface area contributed by atoms with Gasteiger partial charge in [0.05, 0.1) is 0 Å². The zero-order chi connectivity index (χ0) is 5.91. The van der Waals surface area contributed by atoms with Gasteiger partial charge in [0.15, 0.2) is 7.38 Å². The maximum absolute atomic E-state index is 5.93. The third kappa shape index (κ3) is 2.89. The van der Waals surface area contributed by atoms with E-state index in [0.717, 1.165) is 6.04 Å². The molecule has 0 N–H and O–H groups in total. The second-order valence-electron chi connectivity index (χ2n) is 1.84. The van der Waals surface area contributed by atoms with Crippen LogP contribution in [0.4, 0.5) is 0 Å². The first-order chi connectivity index (χ1) is 3.12. The summed E-state index contributed by atoms with van der Waals surface area (Å²) in [5.74, 6) is 0. The summed E-state index contributed by atoms with van der Waals surface area (Å²) in [6.45, 7) is 7.82. The number of halogens is 1. The van der Waals surface area contributed by atoms with Crippen molar-refractivity contribution < 1.29 is 0 Å². The van der Waals surface area contributed by atoms with Gasteiger partial charge in [-0.05, 0) is 6.04 Å². The Kier molecular flexibility index (Phi) is 2.62. The summed E-state index contributed by atoms with van der Waals surface area (Å²) in [7, 11) is -1.42. The van der Waals surface area contributed by atoms with Crippen LogP contribution >= 0.6 is 11.1 Å². The van der Waals surface area contributed by atoms with Gasteiger partial charge in [-0.25, -0.2) is 0 Å². The summed E-state index contributed by atoms with van der Waals surface area (Å²) in [6.07, 6.45) is 0. The smallest absolute Gasteiger partial charge is 0.162 e. The van der Waals surface area contributed by atoms with Crippen molar-refractivity contribution >= 4 is 18.5 Å². The average molecular weight is 135 g/mol. The quantitative estimate of drug-likeness (QED) is 0.402. The highest BCUT2D eigenvalue weighted by Gasteiger charge is 2.14. The average Bonchev–Trinajstić information content (AvgIpc) is 1.68. The second kappa shape index (κ2) is 2.53. The van der Waals surface area contributed by atoms with Crippen molar-refractivity contribution in [1.29, 1.82) is 0 Å². The normalized spacial score (nSPS) is 18.1. The standard InChI is InChI=1S/C5H11ClSi/c1-4-7(3,6)5-2/h4H,1,5H2,2-3H3. The minimum absolute atomic E-state index is 1.08. The summed E-state index contributed by atoms with van der Waals surface area (Å²) in [5.41, 5.74) is 1.90. The van der Waals surface area contributed by atoms with E-state index < -0.39 is 7.38 Å². The van der Waals surface area contributed by atoms with Crippen molar-refractivity contribution in [3.63, 3.8) is 0 Å². The summed E-state index contributed by atoms with van der Waals surface area (Å²) in [4.78, 5) is 0. The van der Waals surface area contributed by atoms with Gasteiger partial charge in [-0.2, -0.15) is 11.1 Å². The topological polar surface area (TPSA) is 0 Å². The maximum atomic E-state index is 5.93. The van der Waals surface area contributed by atoms with Gasteiger partial charge in [0.2, 0.25) is 0 Å². The molecule has 0 nitrogen and oxygen atoms in total. The second-order valence-corrected chi connectivity index (χ2v) is 8.10. The summed E-state index contributed by atoms with van der Waals surface area (Å²) >= 11 is 5.93. The van der Waals surface area contributed by atoms with Crippen LogP contribution in [0.25, 0.3) is 0 Å². The van der Waals surface area contributed by atoms with Gasteiger partial charge in [-0.1, -0.05) is 19.2 Å². The molecule has 0 radical (unpaired) electrons. The molecule has 0 bridgehead atoms. The fourth-order valence-electron chi connectivity index (χ4n) is 0.144. The van der Waals surface area contributed by atoms with Crippen LogP contribution in [0.15, 0.2) is 12.3 Å². The van der Waals surface area contributed by atoms with E-state index in [1.165, 1.54) is 0 Å². The van der Waals surface area contributed by atoms with E-state index in [-0.39, 0.29) is 0 Å². The maximum Gasteiger partial charge on any atom is 0.175 e. The molecule has 0 spiro atoms. The Bertz CT molecular complexity index is 68.5. The summed E-state index contributed by atoms with van der Waals surface area (Å²) < 4.78 is 0. The Labute approximate surface area is 50.9 Å². The molecule has 0 amide bonds. The van der Waals surface area contributed by atoms with Crippen LogP contribution in [0, 0.1) is 0 Å². The molecule has 0 aliphatic rings. The molecule has 7 heavy (non-hydrogen) atoms. The van der Waals surface area contributed by atoms with Crippen molar-refractivity contribution in [2.45, 2.75) is 19.5 Å². The van der Waals surface area contributed by atoms with E-state index in [1.807, 2.05) is 5.70 Å². The van der Waals surface area contributed by atoms with Gasteiger partial charge in [-0.15, -0.1) is 6.58 Å². The van der Waals surface area contributed by atoms with Crippen molar-refractivity contribution in [1.82, 2.24) is 0 Å². The molecule has 0 heterocycles. The fraction of sp³-hybridized carbons (Fsp3) is 0.600. The SMILES string of the molecule is C=C[Si](C)(Cl)CC. The van der Waals surface area contributed by atoms with Gasteiger partial charge in [-0.3, -0.25) is 0 Å². The first-order valence-corrected chi connectivity index (χ1v) is 6.24. The zero-order valence-electron chi connectivity index (χ0n) is 4.87. The van der Waals surface area contributed by atoms with Crippen molar-refractivity contribution in [3.05, 3.63) is 12.3 Å². The highest BCUT2D eigenvalue weighted by molar-refractivity contribution is 7.22. The molecule has 0 aliphatic carbocycles. The Morgan fingerprint density at radius 3 is 2.29 bits per heavy atom. The molecule has 0 rings (SSSR count). The van der Waals surface area contributed by atoms with Gasteiger partial charge in [0, 0.05) is 0 Å². The van der Waals surface area contributed by atoms with Crippen LogP contribution in [0.1, 0.15) is 6.92 Å². The lowest BCUT2D eigenvalue weighted by molar-refractivity contribution is 1.42. The summed E-state index contributed by atoms with van der Waals surface area (Å²) in [5, 5.41) is 0. The lowest BCUT2D eigenvalue weighted by atomic mass is 11.0. The van der Waals surface area contributed by atoms with E-state index in [4.69, 9.17) is 11.1 Å². The zero-order valence-corrected chi connectivity index (χ0v) is 6.63. The molecule has 2 heteroatoms. The van der Waals surface area contributed by atoms with Crippen molar-refractivity contribution in [2.24, 2.45) is 0 Å². The molecule has 0 aromatic rings. The number of rotatable bonds is 2. The predicted molar refractivity (Wildman–Crippen MR) is 38.1 cm³/mol. The largest absolute Gasteiger partial charge is 0.175 e. The Morgan fingerprint density at radius 2 is 2.29 bits per heavy atom. The molecule has 0 aliphatic heterocycles. The van der Waals surface area contributed by atoms with Gasteiger partial charge in [0.25, 0.3) is 0 Å². The van der Waals surface area contributed by atoms with Crippen molar-refractivity contribution in [3.8, 4) is 0 Å². The monoisotopic (exact) mass is 134 g/mol. The van der Waals surface area contributed by atoms with E-state index in [0.29, 0.717) is 0 Å².